The molecule has 1 heterocycles. The standard InChI is InChI=1S/C13H15ClN2O/c1-3-9-5-13(17)16(7-9)12-6-10(14)8(2)4-11(12)15/h3-4,6,9H,1,5,7,15H2,2H3. The lowest BCUT2D eigenvalue weighted by molar-refractivity contribution is -0.117. The predicted octanol–water partition coefficient (Wildman–Crippen LogP) is 2.77. The van der Waals surface area contributed by atoms with Crippen molar-refractivity contribution >= 4 is 28.9 Å². The Kier molecular flexibility index (Phi) is 3.11. The second-order valence-electron chi connectivity index (χ2n) is 4.36. The van der Waals surface area contributed by atoms with E-state index in [-0.39, 0.29) is 11.8 Å². The number of hydrogen-bond acceptors (Lipinski definition) is 2. The highest BCUT2D eigenvalue weighted by Crippen LogP contribution is 2.33. The van der Waals surface area contributed by atoms with Crippen LogP contribution in [0.25, 0.3) is 0 Å². The van der Waals surface area contributed by atoms with Gasteiger partial charge in [0.1, 0.15) is 0 Å². The van der Waals surface area contributed by atoms with E-state index in [4.69, 9.17) is 17.3 Å². The molecule has 1 aromatic carbocycles. The summed E-state index contributed by atoms with van der Waals surface area (Å²) in [6.07, 6.45) is 2.30. The van der Waals surface area contributed by atoms with Crippen LogP contribution in [0.2, 0.25) is 5.02 Å². The van der Waals surface area contributed by atoms with Crippen molar-refractivity contribution in [3.05, 3.63) is 35.4 Å². The molecule has 0 spiro atoms. The van der Waals surface area contributed by atoms with Crippen molar-refractivity contribution in [3.8, 4) is 0 Å². The average Bonchev–Trinajstić information content (AvgIpc) is 2.65. The fraction of sp³-hybridized carbons (Fsp3) is 0.308. The normalized spacial score (nSPS) is 19.8. The lowest BCUT2D eigenvalue weighted by atomic mass is 10.1. The van der Waals surface area contributed by atoms with Gasteiger partial charge in [0, 0.05) is 23.9 Å². The number of aryl methyl sites for hydroxylation is 1. The molecule has 3 nitrogen and oxygen atoms in total. The third-order valence-electron chi connectivity index (χ3n) is 3.09. The highest BCUT2D eigenvalue weighted by Gasteiger charge is 2.30. The molecule has 4 heteroatoms. The summed E-state index contributed by atoms with van der Waals surface area (Å²) in [5, 5.41) is 0.629. The van der Waals surface area contributed by atoms with Crippen molar-refractivity contribution in [2.45, 2.75) is 13.3 Å². The number of nitrogens with zero attached hydrogens (tertiary/aromatic N) is 1. The van der Waals surface area contributed by atoms with Gasteiger partial charge in [-0.1, -0.05) is 17.7 Å². The van der Waals surface area contributed by atoms with E-state index in [1.807, 2.05) is 13.0 Å². The topological polar surface area (TPSA) is 46.3 Å². The van der Waals surface area contributed by atoms with E-state index >= 15 is 0 Å². The maximum absolute atomic E-state index is 11.9. The molecular weight excluding hydrogens is 236 g/mol. The molecule has 1 aliphatic heterocycles. The number of rotatable bonds is 2. The Balaban J connectivity index is 2.38. The quantitative estimate of drug-likeness (QED) is 0.648. The zero-order chi connectivity index (χ0) is 12.6. The Bertz CT molecular complexity index is 485. The molecule has 1 amide bonds. The highest BCUT2D eigenvalue weighted by atomic mass is 35.5. The smallest absolute Gasteiger partial charge is 0.227 e. The third kappa shape index (κ3) is 2.15. The van der Waals surface area contributed by atoms with Gasteiger partial charge in [-0.3, -0.25) is 4.79 Å². The van der Waals surface area contributed by atoms with Gasteiger partial charge in [-0.05, 0) is 24.6 Å². The van der Waals surface area contributed by atoms with Crippen molar-refractivity contribution in [2.24, 2.45) is 5.92 Å². The molecule has 0 aliphatic carbocycles. The van der Waals surface area contributed by atoms with E-state index in [1.54, 1.807) is 17.0 Å². The first-order valence-electron chi connectivity index (χ1n) is 5.51. The van der Waals surface area contributed by atoms with Crippen LogP contribution < -0.4 is 10.6 Å². The molecule has 1 atom stereocenters. The minimum Gasteiger partial charge on any atom is -0.397 e. The Morgan fingerprint density at radius 3 is 2.88 bits per heavy atom. The van der Waals surface area contributed by atoms with Crippen molar-refractivity contribution < 1.29 is 4.79 Å². The molecule has 1 aromatic rings. The van der Waals surface area contributed by atoms with Gasteiger partial charge >= 0.3 is 0 Å². The summed E-state index contributed by atoms with van der Waals surface area (Å²) in [5.74, 6) is 0.267. The number of nitrogens with two attached hydrogens (primary N) is 1. The molecule has 17 heavy (non-hydrogen) atoms. The van der Waals surface area contributed by atoms with Crippen molar-refractivity contribution in [3.63, 3.8) is 0 Å². The van der Waals surface area contributed by atoms with E-state index in [9.17, 15) is 4.79 Å². The van der Waals surface area contributed by atoms with Crippen LogP contribution in [-0.2, 0) is 4.79 Å². The zero-order valence-electron chi connectivity index (χ0n) is 9.74. The lowest BCUT2D eigenvalue weighted by Crippen LogP contribution is -2.25. The minimum atomic E-state index is 0.0709. The van der Waals surface area contributed by atoms with E-state index in [0.29, 0.717) is 29.4 Å². The van der Waals surface area contributed by atoms with Gasteiger partial charge in [-0.15, -0.1) is 6.58 Å². The lowest BCUT2D eigenvalue weighted by Gasteiger charge is -2.19. The van der Waals surface area contributed by atoms with Crippen LogP contribution in [0.15, 0.2) is 24.8 Å². The number of anilines is 2. The summed E-state index contributed by atoms with van der Waals surface area (Å²) in [6.45, 7) is 6.24. The molecule has 1 fully saturated rings. The summed E-state index contributed by atoms with van der Waals surface area (Å²) in [7, 11) is 0. The second-order valence-corrected chi connectivity index (χ2v) is 4.77. The van der Waals surface area contributed by atoms with Gasteiger partial charge in [-0.2, -0.15) is 0 Å². The fourth-order valence-corrected chi connectivity index (χ4v) is 2.21. The van der Waals surface area contributed by atoms with Gasteiger partial charge in [-0.25, -0.2) is 0 Å². The van der Waals surface area contributed by atoms with Crippen LogP contribution in [-0.4, -0.2) is 12.5 Å². The Labute approximate surface area is 106 Å². The number of hydrogen-bond donors (Lipinski definition) is 1. The van der Waals surface area contributed by atoms with Gasteiger partial charge in [0.2, 0.25) is 5.91 Å². The molecule has 0 bridgehead atoms. The summed E-state index contributed by atoms with van der Waals surface area (Å²) in [5.41, 5.74) is 8.15. The maximum atomic E-state index is 11.9. The number of amides is 1. The number of halogens is 1. The molecule has 2 rings (SSSR count). The number of carbonyl (C=O) groups excluding carboxylic acids is 1. The van der Waals surface area contributed by atoms with E-state index < -0.39 is 0 Å². The molecular formula is C13H15ClN2O. The number of benzene rings is 1. The SMILES string of the molecule is C=CC1CC(=O)N(c2cc(Cl)c(C)cc2N)C1. The minimum absolute atomic E-state index is 0.0709. The predicted molar refractivity (Wildman–Crippen MR) is 71.3 cm³/mol. The fourth-order valence-electron chi connectivity index (χ4n) is 2.05. The number of nitrogen functional groups attached to an aromatic ring is 1. The summed E-state index contributed by atoms with van der Waals surface area (Å²) >= 11 is 6.07. The Morgan fingerprint density at radius 1 is 1.59 bits per heavy atom. The third-order valence-corrected chi connectivity index (χ3v) is 3.49. The van der Waals surface area contributed by atoms with E-state index in [1.165, 1.54) is 0 Å². The molecule has 2 N–H and O–H groups in total. The van der Waals surface area contributed by atoms with Crippen molar-refractivity contribution in [1.82, 2.24) is 0 Å². The largest absolute Gasteiger partial charge is 0.397 e. The molecule has 1 unspecified atom stereocenters. The van der Waals surface area contributed by atoms with Crippen LogP contribution in [0.3, 0.4) is 0 Å². The van der Waals surface area contributed by atoms with Crippen LogP contribution in [0.5, 0.6) is 0 Å². The number of carbonyl (C=O) groups is 1. The van der Waals surface area contributed by atoms with E-state index in [2.05, 4.69) is 6.58 Å². The highest BCUT2D eigenvalue weighted by molar-refractivity contribution is 6.32. The first kappa shape index (κ1) is 12.0. The summed E-state index contributed by atoms with van der Waals surface area (Å²) < 4.78 is 0. The van der Waals surface area contributed by atoms with Crippen molar-refractivity contribution in [1.29, 1.82) is 0 Å². The molecule has 90 valence electrons. The Morgan fingerprint density at radius 2 is 2.29 bits per heavy atom. The summed E-state index contributed by atoms with van der Waals surface area (Å²) in [6, 6.07) is 3.56. The maximum Gasteiger partial charge on any atom is 0.227 e. The summed E-state index contributed by atoms with van der Waals surface area (Å²) in [4.78, 5) is 13.6. The van der Waals surface area contributed by atoms with Crippen LogP contribution in [0.1, 0.15) is 12.0 Å². The zero-order valence-corrected chi connectivity index (χ0v) is 10.5. The average molecular weight is 251 g/mol. The van der Waals surface area contributed by atoms with Gasteiger partial charge in [0.15, 0.2) is 0 Å². The van der Waals surface area contributed by atoms with Crippen molar-refractivity contribution in [2.75, 3.05) is 17.2 Å². The molecule has 1 aliphatic rings. The van der Waals surface area contributed by atoms with Gasteiger partial charge < -0.3 is 10.6 Å². The van der Waals surface area contributed by atoms with Gasteiger partial charge in [0.05, 0.1) is 11.4 Å². The first-order chi connectivity index (χ1) is 8.02. The molecule has 1 saturated heterocycles. The van der Waals surface area contributed by atoms with Gasteiger partial charge in [0.25, 0.3) is 0 Å². The molecule has 0 radical (unpaired) electrons. The van der Waals surface area contributed by atoms with E-state index in [0.717, 1.165) is 5.56 Å². The first-order valence-corrected chi connectivity index (χ1v) is 5.89. The van der Waals surface area contributed by atoms with Crippen LogP contribution in [0, 0.1) is 12.8 Å². The molecule has 0 aromatic heterocycles. The molecule has 0 saturated carbocycles. The Hall–Kier alpha value is -1.48. The monoisotopic (exact) mass is 250 g/mol. The van der Waals surface area contributed by atoms with Crippen LogP contribution >= 0.6 is 11.6 Å². The second kappa shape index (κ2) is 4.41. The van der Waals surface area contributed by atoms with Crippen LogP contribution in [0.4, 0.5) is 11.4 Å².